The molecule has 98 valence electrons. The van der Waals surface area contributed by atoms with Gasteiger partial charge >= 0.3 is 0 Å². The molecule has 1 aromatic rings. The van der Waals surface area contributed by atoms with Gasteiger partial charge in [0.2, 0.25) is 0 Å². The second kappa shape index (κ2) is 5.29. The molecule has 1 aromatic carbocycles. The molecule has 4 nitrogen and oxygen atoms in total. The lowest BCUT2D eigenvalue weighted by atomic mass is 10.2. The number of anilines is 1. The zero-order valence-electron chi connectivity index (χ0n) is 11.0. The van der Waals surface area contributed by atoms with Gasteiger partial charge in [0, 0.05) is 12.6 Å². The van der Waals surface area contributed by atoms with Crippen molar-refractivity contribution < 1.29 is 9.53 Å². The molecule has 0 heterocycles. The summed E-state index contributed by atoms with van der Waals surface area (Å²) in [6.07, 6.45) is 2.23. The maximum atomic E-state index is 12.0. The monoisotopic (exact) mass is 248 g/mol. The highest BCUT2D eigenvalue weighted by molar-refractivity contribution is 5.78. The first kappa shape index (κ1) is 12.7. The normalized spacial score (nSPS) is 14.3. The van der Waals surface area contributed by atoms with Crippen molar-refractivity contribution in [1.29, 1.82) is 0 Å². The third-order valence-electron chi connectivity index (χ3n) is 3.17. The van der Waals surface area contributed by atoms with E-state index in [0.717, 1.165) is 24.9 Å². The minimum atomic E-state index is 0.0416. The molecule has 0 bridgehead atoms. The Morgan fingerprint density at radius 1 is 1.50 bits per heavy atom. The Labute approximate surface area is 108 Å². The third kappa shape index (κ3) is 2.94. The molecule has 0 unspecified atom stereocenters. The molecule has 0 radical (unpaired) electrons. The summed E-state index contributed by atoms with van der Waals surface area (Å²) in [5.41, 5.74) is 7.50. The van der Waals surface area contributed by atoms with Gasteiger partial charge in [0.1, 0.15) is 5.75 Å². The van der Waals surface area contributed by atoms with E-state index in [0.29, 0.717) is 17.5 Å². The molecule has 0 atom stereocenters. The Balaban J connectivity index is 1.92. The summed E-state index contributed by atoms with van der Waals surface area (Å²) in [4.78, 5) is 13.8. The predicted molar refractivity (Wildman–Crippen MR) is 71.5 cm³/mol. The topological polar surface area (TPSA) is 55.6 Å². The van der Waals surface area contributed by atoms with Gasteiger partial charge in [-0.2, -0.15) is 0 Å². The number of rotatable bonds is 5. The average molecular weight is 248 g/mol. The van der Waals surface area contributed by atoms with Gasteiger partial charge in [0.25, 0.3) is 5.91 Å². The van der Waals surface area contributed by atoms with E-state index in [-0.39, 0.29) is 12.5 Å². The van der Waals surface area contributed by atoms with Crippen LogP contribution in [0.3, 0.4) is 0 Å². The van der Waals surface area contributed by atoms with Gasteiger partial charge in [0.15, 0.2) is 6.61 Å². The highest BCUT2D eigenvalue weighted by atomic mass is 16.5. The molecular weight excluding hydrogens is 228 g/mol. The van der Waals surface area contributed by atoms with Gasteiger partial charge < -0.3 is 15.4 Å². The summed E-state index contributed by atoms with van der Waals surface area (Å²) in [5.74, 6) is 0.626. The maximum Gasteiger partial charge on any atom is 0.260 e. The van der Waals surface area contributed by atoms with E-state index in [1.54, 1.807) is 0 Å². The zero-order valence-corrected chi connectivity index (χ0v) is 11.0. The van der Waals surface area contributed by atoms with Gasteiger partial charge in [-0.25, -0.2) is 0 Å². The van der Waals surface area contributed by atoms with E-state index >= 15 is 0 Å². The molecule has 1 amide bonds. The minimum Gasteiger partial charge on any atom is -0.482 e. The number of aryl methyl sites for hydroxylation is 1. The van der Waals surface area contributed by atoms with Gasteiger partial charge in [-0.15, -0.1) is 0 Å². The number of nitrogens with two attached hydrogens (primary N) is 1. The SMILES string of the molecule is CCN(C(=O)COc1ccc(C)cc1N)C1CC1. The predicted octanol–water partition coefficient (Wildman–Crippen LogP) is 1.97. The molecule has 2 N–H and O–H groups in total. The Morgan fingerprint density at radius 2 is 2.22 bits per heavy atom. The minimum absolute atomic E-state index is 0.0416. The van der Waals surface area contributed by atoms with Crippen LogP contribution in [-0.2, 0) is 4.79 Å². The number of hydrogen-bond acceptors (Lipinski definition) is 3. The molecule has 1 fully saturated rings. The van der Waals surface area contributed by atoms with Crippen molar-refractivity contribution in [3.63, 3.8) is 0 Å². The number of amides is 1. The van der Waals surface area contributed by atoms with Crippen LogP contribution in [0.1, 0.15) is 25.3 Å². The first-order valence-electron chi connectivity index (χ1n) is 6.40. The molecule has 0 spiro atoms. The van der Waals surface area contributed by atoms with Crippen molar-refractivity contribution in [1.82, 2.24) is 4.90 Å². The molecule has 1 aliphatic carbocycles. The highest BCUT2D eigenvalue weighted by Gasteiger charge is 2.31. The number of ether oxygens (including phenoxy) is 1. The van der Waals surface area contributed by atoms with Crippen LogP contribution in [0, 0.1) is 6.92 Å². The van der Waals surface area contributed by atoms with Crippen molar-refractivity contribution in [2.45, 2.75) is 32.7 Å². The molecular formula is C14H20N2O2. The quantitative estimate of drug-likeness (QED) is 0.810. The highest BCUT2D eigenvalue weighted by Crippen LogP contribution is 2.27. The van der Waals surface area contributed by atoms with Gasteiger partial charge in [-0.1, -0.05) is 6.07 Å². The third-order valence-corrected chi connectivity index (χ3v) is 3.17. The van der Waals surface area contributed by atoms with Crippen molar-refractivity contribution in [2.24, 2.45) is 0 Å². The van der Waals surface area contributed by atoms with Crippen LogP contribution < -0.4 is 10.5 Å². The first-order valence-corrected chi connectivity index (χ1v) is 6.40. The van der Waals surface area contributed by atoms with Gasteiger partial charge in [0.05, 0.1) is 5.69 Å². The molecule has 0 aromatic heterocycles. The van der Waals surface area contributed by atoms with Crippen molar-refractivity contribution in [3.05, 3.63) is 23.8 Å². The Hall–Kier alpha value is -1.71. The first-order chi connectivity index (χ1) is 8.61. The van der Waals surface area contributed by atoms with E-state index in [9.17, 15) is 4.79 Å². The van der Waals surface area contributed by atoms with Crippen LogP contribution in [0.5, 0.6) is 5.75 Å². The second-order valence-electron chi connectivity index (χ2n) is 4.74. The number of carbonyl (C=O) groups excluding carboxylic acids is 1. The smallest absolute Gasteiger partial charge is 0.260 e. The van der Waals surface area contributed by atoms with Gasteiger partial charge in [-0.3, -0.25) is 4.79 Å². The summed E-state index contributed by atoms with van der Waals surface area (Å²) >= 11 is 0. The van der Waals surface area contributed by atoms with Crippen molar-refractivity contribution in [3.8, 4) is 5.75 Å². The number of likely N-dealkylation sites (N-methyl/N-ethyl adjacent to an activating group) is 1. The standard InChI is InChI=1S/C14H20N2O2/c1-3-16(11-5-6-11)14(17)9-18-13-7-4-10(2)8-12(13)15/h4,7-8,11H,3,5-6,9,15H2,1-2H3. The van der Waals surface area contributed by atoms with Crippen LogP contribution in [0.4, 0.5) is 5.69 Å². The number of nitrogen functional groups attached to an aromatic ring is 1. The molecule has 1 saturated carbocycles. The lowest BCUT2D eigenvalue weighted by Gasteiger charge is -2.20. The van der Waals surface area contributed by atoms with E-state index in [4.69, 9.17) is 10.5 Å². The molecule has 4 heteroatoms. The van der Waals surface area contributed by atoms with Crippen LogP contribution in [0.2, 0.25) is 0 Å². The lowest BCUT2D eigenvalue weighted by Crippen LogP contribution is -2.36. The molecule has 2 rings (SSSR count). The molecule has 0 aliphatic heterocycles. The number of nitrogens with zero attached hydrogens (tertiary/aromatic N) is 1. The van der Waals surface area contributed by atoms with Crippen LogP contribution >= 0.6 is 0 Å². The van der Waals surface area contributed by atoms with Crippen LogP contribution in [-0.4, -0.2) is 30.0 Å². The van der Waals surface area contributed by atoms with E-state index < -0.39 is 0 Å². The van der Waals surface area contributed by atoms with Crippen LogP contribution in [0.25, 0.3) is 0 Å². The summed E-state index contributed by atoms with van der Waals surface area (Å²) in [6, 6.07) is 6.01. The largest absolute Gasteiger partial charge is 0.482 e. The molecule has 1 aliphatic rings. The van der Waals surface area contributed by atoms with Crippen molar-refractivity contribution in [2.75, 3.05) is 18.9 Å². The summed E-state index contributed by atoms with van der Waals surface area (Å²) in [7, 11) is 0. The fourth-order valence-electron chi connectivity index (χ4n) is 2.05. The Kier molecular flexibility index (Phi) is 3.75. The summed E-state index contributed by atoms with van der Waals surface area (Å²) in [6.45, 7) is 4.78. The average Bonchev–Trinajstić information content (AvgIpc) is 3.13. The van der Waals surface area contributed by atoms with E-state index in [1.807, 2.05) is 36.9 Å². The zero-order chi connectivity index (χ0) is 13.1. The number of hydrogen-bond donors (Lipinski definition) is 1. The van der Waals surface area contributed by atoms with Gasteiger partial charge in [-0.05, 0) is 44.4 Å². The number of carbonyl (C=O) groups is 1. The number of benzene rings is 1. The summed E-state index contributed by atoms with van der Waals surface area (Å²) < 4.78 is 5.50. The molecule has 0 saturated heterocycles. The molecule has 18 heavy (non-hydrogen) atoms. The van der Waals surface area contributed by atoms with E-state index in [2.05, 4.69) is 0 Å². The van der Waals surface area contributed by atoms with Crippen LogP contribution in [0.15, 0.2) is 18.2 Å². The Morgan fingerprint density at radius 3 is 2.78 bits per heavy atom. The Bertz CT molecular complexity index is 441. The second-order valence-corrected chi connectivity index (χ2v) is 4.74. The fourth-order valence-corrected chi connectivity index (χ4v) is 2.05. The summed E-state index contributed by atoms with van der Waals surface area (Å²) in [5, 5.41) is 0. The maximum absolute atomic E-state index is 12.0. The fraction of sp³-hybridized carbons (Fsp3) is 0.500. The lowest BCUT2D eigenvalue weighted by molar-refractivity contribution is -0.133. The van der Waals surface area contributed by atoms with E-state index in [1.165, 1.54) is 0 Å². The van der Waals surface area contributed by atoms with Crippen molar-refractivity contribution >= 4 is 11.6 Å².